The fraction of sp³-hybridized carbons (Fsp3) is 0.846. The van der Waals surface area contributed by atoms with E-state index in [-0.39, 0.29) is 5.91 Å². The normalized spacial score (nSPS) is 19.4. The Balaban J connectivity index is 2.63. The zero-order valence-corrected chi connectivity index (χ0v) is 11.6. The number of carbonyl (C=O) groups excluding carboxylic acids is 1. The van der Waals surface area contributed by atoms with E-state index in [1.54, 1.807) is 0 Å². The van der Waals surface area contributed by atoms with Crippen LogP contribution in [0.25, 0.3) is 0 Å². The van der Waals surface area contributed by atoms with Crippen LogP contribution in [-0.2, 0) is 4.79 Å². The smallest absolute Gasteiger partial charge is 0.220 e. The van der Waals surface area contributed by atoms with Gasteiger partial charge in [0.1, 0.15) is 0 Å². The van der Waals surface area contributed by atoms with Crippen molar-refractivity contribution in [1.29, 1.82) is 0 Å². The van der Waals surface area contributed by atoms with E-state index in [9.17, 15) is 4.79 Å². The quantitative estimate of drug-likeness (QED) is 0.587. The van der Waals surface area contributed by atoms with Crippen LogP contribution in [-0.4, -0.2) is 16.4 Å². The highest BCUT2D eigenvalue weighted by Crippen LogP contribution is 2.27. The van der Waals surface area contributed by atoms with Gasteiger partial charge in [-0.1, -0.05) is 51.2 Å². The van der Waals surface area contributed by atoms with Gasteiger partial charge in [0.25, 0.3) is 0 Å². The summed E-state index contributed by atoms with van der Waals surface area (Å²) in [6.45, 7) is 2.09. The average molecular weight is 256 g/mol. The van der Waals surface area contributed by atoms with E-state index in [1.807, 2.05) is 0 Å². The Bertz CT molecular complexity index is 271. The molecular weight excluding hydrogens is 232 g/mol. The summed E-state index contributed by atoms with van der Waals surface area (Å²) in [5.74, 6) is 0.0987. The third-order valence-corrected chi connectivity index (χ3v) is 3.96. The van der Waals surface area contributed by atoms with Crippen molar-refractivity contribution in [3.8, 4) is 0 Å². The molecule has 1 aliphatic rings. The molecule has 98 valence electrons. The standard InChI is InChI=1S/C13H24N2OS/c1-2-3-8-11(16)15-13(12(14)17)9-6-4-5-7-10-13/h2-10H2,1H3,(H2,14,17)(H,15,16). The van der Waals surface area contributed by atoms with E-state index in [0.29, 0.717) is 11.4 Å². The lowest BCUT2D eigenvalue weighted by Crippen LogP contribution is -2.56. The number of amides is 1. The van der Waals surface area contributed by atoms with Gasteiger partial charge in [-0.05, 0) is 19.3 Å². The highest BCUT2D eigenvalue weighted by molar-refractivity contribution is 7.80. The minimum Gasteiger partial charge on any atom is -0.391 e. The van der Waals surface area contributed by atoms with Gasteiger partial charge in [0.15, 0.2) is 0 Å². The van der Waals surface area contributed by atoms with Crippen molar-refractivity contribution in [1.82, 2.24) is 5.32 Å². The minimum absolute atomic E-state index is 0.0987. The average Bonchev–Trinajstić information content (AvgIpc) is 2.53. The van der Waals surface area contributed by atoms with Crippen LogP contribution in [0.5, 0.6) is 0 Å². The Morgan fingerprint density at radius 2 is 1.88 bits per heavy atom. The largest absolute Gasteiger partial charge is 0.391 e. The van der Waals surface area contributed by atoms with Crippen LogP contribution in [0.2, 0.25) is 0 Å². The molecule has 0 spiro atoms. The Morgan fingerprint density at radius 3 is 2.35 bits per heavy atom. The van der Waals surface area contributed by atoms with Crippen LogP contribution in [0.15, 0.2) is 0 Å². The maximum Gasteiger partial charge on any atom is 0.220 e. The van der Waals surface area contributed by atoms with E-state index in [1.165, 1.54) is 12.8 Å². The number of nitrogens with one attached hydrogen (secondary N) is 1. The Kier molecular flexibility index (Phi) is 5.89. The number of carbonyl (C=O) groups is 1. The number of thiocarbonyl (C=S) groups is 1. The van der Waals surface area contributed by atoms with Gasteiger partial charge in [0.2, 0.25) is 5.91 Å². The second kappa shape index (κ2) is 6.94. The fourth-order valence-corrected chi connectivity index (χ4v) is 2.69. The van der Waals surface area contributed by atoms with Crippen molar-refractivity contribution in [3.63, 3.8) is 0 Å². The first-order valence-electron chi connectivity index (χ1n) is 6.71. The second-order valence-corrected chi connectivity index (χ2v) is 5.45. The van der Waals surface area contributed by atoms with E-state index in [2.05, 4.69) is 12.2 Å². The lowest BCUT2D eigenvalue weighted by molar-refractivity contribution is -0.122. The number of hydrogen-bond acceptors (Lipinski definition) is 2. The molecule has 0 saturated heterocycles. The van der Waals surface area contributed by atoms with Gasteiger partial charge in [0.05, 0.1) is 10.5 Å². The number of nitrogens with two attached hydrogens (primary N) is 1. The molecule has 0 aromatic heterocycles. The molecule has 17 heavy (non-hydrogen) atoms. The highest BCUT2D eigenvalue weighted by Gasteiger charge is 2.35. The van der Waals surface area contributed by atoms with Gasteiger partial charge in [-0.2, -0.15) is 0 Å². The molecule has 1 rings (SSSR count). The van der Waals surface area contributed by atoms with Crippen molar-refractivity contribution < 1.29 is 4.79 Å². The Morgan fingerprint density at radius 1 is 1.29 bits per heavy atom. The van der Waals surface area contributed by atoms with Crippen molar-refractivity contribution in [2.45, 2.75) is 70.3 Å². The van der Waals surface area contributed by atoms with E-state index >= 15 is 0 Å². The molecule has 3 nitrogen and oxygen atoms in total. The molecule has 3 N–H and O–H groups in total. The van der Waals surface area contributed by atoms with E-state index in [0.717, 1.165) is 38.5 Å². The minimum atomic E-state index is -0.406. The first-order chi connectivity index (χ1) is 8.10. The number of hydrogen-bond donors (Lipinski definition) is 2. The first-order valence-corrected chi connectivity index (χ1v) is 7.12. The zero-order chi connectivity index (χ0) is 12.7. The summed E-state index contributed by atoms with van der Waals surface area (Å²) in [7, 11) is 0. The monoisotopic (exact) mass is 256 g/mol. The van der Waals surface area contributed by atoms with Gasteiger partial charge in [0, 0.05) is 6.42 Å². The van der Waals surface area contributed by atoms with Crippen molar-refractivity contribution in [2.75, 3.05) is 0 Å². The molecule has 0 aromatic carbocycles. The van der Waals surface area contributed by atoms with Crippen LogP contribution in [0.3, 0.4) is 0 Å². The van der Waals surface area contributed by atoms with Gasteiger partial charge in [-0.15, -0.1) is 0 Å². The van der Waals surface area contributed by atoms with Crippen molar-refractivity contribution >= 4 is 23.1 Å². The summed E-state index contributed by atoms with van der Waals surface area (Å²) in [6, 6.07) is 0. The predicted molar refractivity (Wildman–Crippen MR) is 74.9 cm³/mol. The summed E-state index contributed by atoms with van der Waals surface area (Å²) in [5, 5.41) is 3.10. The van der Waals surface area contributed by atoms with Gasteiger partial charge < -0.3 is 11.1 Å². The maximum absolute atomic E-state index is 11.9. The molecule has 0 aromatic rings. The summed E-state index contributed by atoms with van der Waals surface area (Å²) < 4.78 is 0. The lowest BCUT2D eigenvalue weighted by Gasteiger charge is -2.33. The Labute approximate surface area is 110 Å². The van der Waals surface area contributed by atoms with E-state index in [4.69, 9.17) is 18.0 Å². The third kappa shape index (κ3) is 4.26. The van der Waals surface area contributed by atoms with E-state index < -0.39 is 5.54 Å². The molecule has 4 heteroatoms. The van der Waals surface area contributed by atoms with Crippen LogP contribution >= 0.6 is 12.2 Å². The van der Waals surface area contributed by atoms with Gasteiger partial charge in [-0.3, -0.25) is 4.79 Å². The van der Waals surface area contributed by atoms with Crippen LogP contribution < -0.4 is 11.1 Å². The SMILES string of the molecule is CCCCC(=O)NC1(C(N)=S)CCCCCC1. The molecule has 0 heterocycles. The van der Waals surface area contributed by atoms with Gasteiger partial charge in [-0.25, -0.2) is 0 Å². The molecule has 1 aliphatic carbocycles. The van der Waals surface area contributed by atoms with Crippen LogP contribution in [0.1, 0.15) is 64.7 Å². The lowest BCUT2D eigenvalue weighted by atomic mass is 9.89. The summed E-state index contributed by atoms with van der Waals surface area (Å²) in [5.41, 5.74) is 5.46. The second-order valence-electron chi connectivity index (χ2n) is 5.01. The molecule has 0 atom stereocenters. The van der Waals surface area contributed by atoms with Gasteiger partial charge >= 0.3 is 0 Å². The molecule has 0 bridgehead atoms. The zero-order valence-electron chi connectivity index (χ0n) is 10.8. The van der Waals surface area contributed by atoms with Crippen LogP contribution in [0, 0.1) is 0 Å². The first kappa shape index (κ1) is 14.4. The van der Waals surface area contributed by atoms with Crippen molar-refractivity contribution in [2.24, 2.45) is 5.73 Å². The fourth-order valence-electron chi connectivity index (χ4n) is 2.43. The topological polar surface area (TPSA) is 55.1 Å². The molecule has 1 amide bonds. The summed E-state index contributed by atoms with van der Waals surface area (Å²) in [6.07, 6.45) is 9.00. The van der Waals surface area contributed by atoms with Crippen LogP contribution in [0.4, 0.5) is 0 Å². The molecular formula is C13H24N2OS. The molecule has 1 saturated carbocycles. The molecule has 0 radical (unpaired) electrons. The van der Waals surface area contributed by atoms with Crippen molar-refractivity contribution in [3.05, 3.63) is 0 Å². The summed E-state index contributed by atoms with van der Waals surface area (Å²) >= 11 is 5.18. The highest BCUT2D eigenvalue weighted by atomic mass is 32.1. The molecule has 0 aliphatic heterocycles. The number of rotatable bonds is 5. The Hall–Kier alpha value is -0.640. The summed E-state index contributed by atoms with van der Waals surface area (Å²) in [4.78, 5) is 12.3. The number of unbranched alkanes of at least 4 members (excludes halogenated alkanes) is 1. The predicted octanol–water partition coefficient (Wildman–Crippen LogP) is 2.67. The third-order valence-electron chi connectivity index (χ3n) is 3.56. The molecule has 1 fully saturated rings. The molecule has 0 unspecified atom stereocenters. The maximum atomic E-state index is 11.9.